The summed E-state index contributed by atoms with van der Waals surface area (Å²) in [6.07, 6.45) is 0.105. The van der Waals surface area contributed by atoms with Crippen LogP contribution in [0, 0.1) is 5.41 Å². The SMILES string of the molecule is CNCC(=O)N[C@@H](CCCNC(=N)N)C(=O)NCC(=O)N[C@@H](CC(=O)O)C(=O)N[C@@H](CO)C(=O)N1CCC[C@H]1C(=O)O. The minimum Gasteiger partial charge on any atom is -0.481 e. The molecule has 1 aliphatic heterocycles. The summed E-state index contributed by atoms with van der Waals surface area (Å²) >= 11 is 0. The van der Waals surface area contributed by atoms with E-state index in [0.717, 1.165) is 4.90 Å². The number of carbonyl (C=O) groups excluding carboxylic acids is 5. The Morgan fingerprint density at radius 3 is 2.14 bits per heavy atom. The van der Waals surface area contributed by atoms with E-state index in [1.54, 1.807) is 0 Å². The zero-order chi connectivity index (χ0) is 31.8. The number of likely N-dealkylation sites (N-methyl/N-ethyl adjacent to an activating group) is 1. The van der Waals surface area contributed by atoms with Gasteiger partial charge in [0.1, 0.15) is 24.2 Å². The second kappa shape index (κ2) is 18.0. The van der Waals surface area contributed by atoms with Crippen molar-refractivity contribution in [1.82, 2.24) is 36.8 Å². The van der Waals surface area contributed by atoms with Gasteiger partial charge in [-0.25, -0.2) is 4.79 Å². The van der Waals surface area contributed by atoms with Crippen molar-refractivity contribution in [3.8, 4) is 0 Å². The molecule has 0 spiro atoms. The Hall–Kier alpha value is -4.52. The van der Waals surface area contributed by atoms with E-state index >= 15 is 0 Å². The zero-order valence-corrected chi connectivity index (χ0v) is 23.1. The topological polar surface area (TPSA) is 305 Å². The van der Waals surface area contributed by atoms with Gasteiger partial charge in [0.25, 0.3) is 0 Å². The molecular weight excluding hydrogens is 562 g/mol. The number of carboxylic acid groups (broad SMARTS) is 2. The van der Waals surface area contributed by atoms with Gasteiger partial charge >= 0.3 is 11.9 Å². The van der Waals surface area contributed by atoms with Gasteiger partial charge < -0.3 is 57.9 Å². The van der Waals surface area contributed by atoms with Gasteiger partial charge in [-0.05, 0) is 32.7 Å². The summed E-state index contributed by atoms with van der Waals surface area (Å²) in [6, 6.07) is -5.52. The average Bonchev–Trinajstić information content (AvgIpc) is 3.41. The third-order valence-electron chi connectivity index (χ3n) is 6.05. The molecule has 19 heteroatoms. The van der Waals surface area contributed by atoms with Crippen molar-refractivity contribution in [3.05, 3.63) is 0 Å². The largest absolute Gasteiger partial charge is 0.481 e. The summed E-state index contributed by atoms with van der Waals surface area (Å²) in [7, 11) is 1.53. The number of nitrogens with two attached hydrogens (primary N) is 1. The van der Waals surface area contributed by atoms with E-state index in [-0.39, 0.29) is 38.4 Å². The van der Waals surface area contributed by atoms with Crippen LogP contribution in [-0.4, -0.2) is 132 Å². The number of carbonyl (C=O) groups is 7. The van der Waals surface area contributed by atoms with Gasteiger partial charge in [-0.3, -0.25) is 34.2 Å². The van der Waals surface area contributed by atoms with Crippen molar-refractivity contribution in [2.45, 2.75) is 56.3 Å². The standard InChI is InChI=1S/C23H39N9O10/c1-26-9-16(34)29-12(4-2-6-27-23(24)25)19(38)28-10-17(35)30-13(8-18(36)37)20(39)31-14(11-33)21(40)32-7-3-5-15(32)22(41)42/h12-15,26,33H,2-11H2,1H3,(H,28,38)(H,29,34)(H,30,35)(H,31,39)(H,36,37)(H,41,42)(H4,24,25,27)/t12-,13-,14-,15-/m0/s1. The van der Waals surface area contributed by atoms with Gasteiger partial charge in [0.2, 0.25) is 29.5 Å². The predicted octanol–water partition coefficient (Wildman–Crippen LogP) is -5.42. The number of carboxylic acids is 2. The highest BCUT2D eigenvalue weighted by Crippen LogP contribution is 2.18. The van der Waals surface area contributed by atoms with Crippen molar-refractivity contribution >= 4 is 47.4 Å². The summed E-state index contributed by atoms with van der Waals surface area (Å²) < 4.78 is 0. The fraction of sp³-hybridized carbons (Fsp3) is 0.652. The Balaban J connectivity index is 2.82. The van der Waals surface area contributed by atoms with Crippen LogP contribution in [0.1, 0.15) is 32.1 Å². The minimum atomic E-state index is -1.72. The number of rotatable bonds is 18. The van der Waals surface area contributed by atoms with Crippen molar-refractivity contribution in [2.75, 3.05) is 39.8 Å². The first-order valence-electron chi connectivity index (χ1n) is 13.1. The second-order valence-corrected chi connectivity index (χ2v) is 9.34. The lowest BCUT2D eigenvalue weighted by Gasteiger charge is -2.27. The van der Waals surface area contributed by atoms with Crippen LogP contribution < -0.4 is 37.6 Å². The van der Waals surface area contributed by atoms with Gasteiger partial charge in [0.05, 0.1) is 26.1 Å². The van der Waals surface area contributed by atoms with Crippen LogP contribution in [0.5, 0.6) is 0 Å². The lowest BCUT2D eigenvalue weighted by Crippen LogP contribution is -2.58. The van der Waals surface area contributed by atoms with Crippen molar-refractivity contribution in [1.29, 1.82) is 5.41 Å². The summed E-state index contributed by atoms with van der Waals surface area (Å²) in [5.74, 6) is -7.25. The molecular formula is C23H39N9O10. The number of aliphatic carboxylic acids is 2. The number of nitrogens with zero attached hydrogens (tertiary/aromatic N) is 1. The fourth-order valence-corrected chi connectivity index (χ4v) is 4.07. The van der Waals surface area contributed by atoms with E-state index in [1.807, 2.05) is 0 Å². The van der Waals surface area contributed by atoms with E-state index in [0.29, 0.717) is 12.8 Å². The van der Waals surface area contributed by atoms with Gasteiger partial charge in [0.15, 0.2) is 5.96 Å². The highest BCUT2D eigenvalue weighted by molar-refractivity contribution is 5.96. The molecule has 19 nitrogen and oxygen atoms in total. The first-order chi connectivity index (χ1) is 19.8. The molecule has 4 atom stereocenters. The summed E-state index contributed by atoms with van der Waals surface area (Å²) in [5, 5.41) is 49.6. The average molecular weight is 602 g/mol. The molecule has 0 aromatic carbocycles. The molecule has 5 amide bonds. The van der Waals surface area contributed by atoms with E-state index in [9.17, 15) is 48.9 Å². The maximum Gasteiger partial charge on any atom is 0.326 e. The van der Waals surface area contributed by atoms with Crippen molar-refractivity contribution in [3.63, 3.8) is 0 Å². The fourth-order valence-electron chi connectivity index (χ4n) is 4.07. The molecule has 0 bridgehead atoms. The van der Waals surface area contributed by atoms with Crippen LogP contribution in [0.25, 0.3) is 0 Å². The Labute approximate surface area is 240 Å². The maximum absolute atomic E-state index is 12.8. The lowest BCUT2D eigenvalue weighted by molar-refractivity contribution is -0.150. The first kappa shape index (κ1) is 35.5. The number of hydrogen-bond donors (Lipinski definition) is 11. The summed E-state index contributed by atoms with van der Waals surface area (Å²) in [6.45, 7) is -1.39. The summed E-state index contributed by atoms with van der Waals surface area (Å²) in [5.41, 5.74) is 5.21. The van der Waals surface area contributed by atoms with Crippen LogP contribution in [0.4, 0.5) is 0 Å². The second-order valence-electron chi connectivity index (χ2n) is 9.34. The van der Waals surface area contributed by atoms with E-state index < -0.39 is 85.2 Å². The zero-order valence-electron chi connectivity index (χ0n) is 23.1. The molecule has 1 fully saturated rings. The van der Waals surface area contributed by atoms with Gasteiger partial charge in [-0.2, -0.15) is 0 Å². The molecule has 1 heterocycles. The molecule has 0 aromatic rings. The van der Waals surface area contributed by atoms with E-state index in [1.165, 1.54) is 7.05 Å². The predicted molar refractivity (Wildman–Crippen MR) is 144 cm³/mol. The minimum absolute atomic E-state index is 0.0841. The smallest absolute Gasteiger partial charge is 0.326 e. The molecule has 0 radical (unpaired) electrons. The van der Waals surface area contributed by atoms with Crippen molar-refractivity contribution < 1.29 is 48.9 Å². The molecule has 0 unspecified atom stereocenters. The molecule has 1 saturated heterocycles. The normalized spacial score (nSPS) is 16.3. The van der Waals surface area contributed by atoms with Crippen LogP contribution in [0.15, 0.2) is 0 Å². The molecule has 1 aliphatic rings. The lowest BCUT2D eigenvalue weighted by atomic mass is 10.1. The Morgan fingerprint density at radius 1 is 0.929 bits per heavy atom. The molecule has 1 rings (SSSR count). The van der Waals surface area contributed by atoms with Gasteiger partial charge in [-0.1, -0.05) is 0 Å². The van der Waals surface area contributed by atoms with E-state index in [4.69, 9.17) is 11.1 Å². The number of nitrogens with one attached hydrogen (secondary N) is 7. The number of amides is 5. The van der Waals surface area contributed by atoms with Crippen LogP contribution in [-0.2, 0) is 33.6 Å². The molecule has 42 heavy (non-hydrogen) atoms. The first-order valence-corrected chi connectivity index (χ1v) is 13.1. The van der Waals surface area contributed by atoms with Crippen LogP contribution >= 0.6 is 0 Å². The highest BCUT2D eigenvalue weighted by Gasteiger charge is 2.38. The summed E-state index contributed by atoms with van der Waals surface area (Å²) in [4.78, 5) is 86.4. The van der Waals surface area contributed by atoms with Gasteiger partial charge in [-0.15, -0.1) is 0 Å². The van der Waals surface area contributed by atoms with Gasteiger partial charge in [0, 0.05) is 13.1 Å². The monoisotopic (exact) mass is 601 g/mol. The third kappa shape index (κ3) is 12.3. The molecule has 0 saturated carbocycles. The van der Waals surface area contributed by atoms with Crippen LogP contribution in [0.2, 0.25) is 0 Å². The quantitative estimate of drug-likeness (QED) is 0.0397. The Kier molecular flexibility index (Phi) is 15.2. The van der Waals surface area contributed by atoms with E-state index in [2.05, 4.69) is 31.9 Å². The molecule has 0 aliphatic carbocycles. The number of aliphatic hydroxyl groups is 1. The highest BCUT2D eigenvalue weighted by atomic mass is 16.4. The maximum atomic E-state index is 12.8. The molecule has 12 N–H and O–H groups in total. The number of likely N-dealkylation sites (tertiary alicyclic amines) is 1. The van der Waals surface area contributed by atoms with Crippen molar-refractivity contribution in [2.24, 2.45) is 5.73 Å². The Morgan fingerprint density at radius 2 is 1.57 bits per heavy atom. The number of guanidine groups is 1. The Bertz CT molecular complexity index is 1020. The molecule has 236 valence electrons. The third-order valence-corrected chi connectivity index (χ3v) is 6.05. The van der Waals surface area contributed by atoms with Crippen LogP contribution in [0.3, 0.4) is 0 Å². The number of hydrogen-bond acceptors (Lipinski definition) is 10. The molecule has 0 aromatic heterocycles. The number of aliphatic hydroxyl groups excluding tert-OH is 1.